The average molecular weight is 777 g/mol. The number of fused-ring (bicyclic) bond motifs is 12. The van der Waals surface area contributed by atoms with Crippen LogP contribution in [-0.2, 0) is 5.41 Å². The molecule has 1 unspecified atom stereocenters. The van der Waals surface area contributed by atoms with Crippen LogP contribution in [0.15, 0.2) is 243 Å². The maximum absolute atomic E-state index is 2.48. The van der Waals surface area contributed by atoms with Crippen molar-refractivity contribution >= 4 is 44.9 Å². The van der Waals surface area contributed by atoms with E-state index in [9.17, 15) is 0 Å². The van der Waals surface area contributed by atoms with Crippen LogP contribution in [0.2, 0.25) is 0 Å². The molecular formula is C59H40N2. The lowest BCUT2D eigenvalue weighted by Gasteiger charge is -2.36. The standard InChI is InChI=1S/C59H40N2/c1-5-21-41(22-6-1)47-30-17-20-36-55(47)61(45-28-11-4-12-29-45)46-37-38-54-51(40-46)49-32-15-18-34-52(49)59(54)53-35-19-16-33-50(53)57-48-31-14-13-23-42(48)39-56(58(57)59)60(43-24-7-2-8-25-43)44-26-9-3-10-27-44/h1-40H. The van der Waals surface area contributed by atoms with Crippen molar-refractivity contribution in [2.45, 2.75) is 5.41 Å². The molecule has 0 aliphatic heterocycles. The summed E-state index contributed by atoms with van der Waals surface area (Å²) in [5.74, 6) is 0. The molecule has 2 aliphatic rings. The highest BCUT2D eigenvalue weighted by molar-refractivity contribution is 6.11. The van der Waals surface area contributed by atoms with E-state index in [1.54, 1.807) is 0 Å². The lowest BCUT2D eigenvalue weighted by atomic mass is 9.69. The monoisotopic (exact) mass is 776 g/mol. The van der Waals surface area contributed by atoms with E-state index in [4.69, 9.17) is 0 Å². The molecule has 0 amide bonds. The first-order valence-corrected chi connectivity index (χ1v) is 21.1. The van der Waals surface area contributed by atoms with Crippen LogP contribution in [0.1, 0.15) is 22.3 Å². The Kier molecular flexibility index (Phi) is 8.11. The van der Waals surface area contributed by atoms with Crippen LogP contribution in [0.3, 0.4) is 0 Å². The third kappa shape index (κ3) is 5.29. The van der Waals surface area contributed by atoms with E-state index in [0.717, 1.165) is 28.4 Å². The van der Waals surface area contributed by atoms with E-state index in [2.05, 4.69) is 252 Å². The largest absolute Gasteiger partial charge is 0.310 e. The maximum Gasteiger partial charge on any atom is 0.0746 e. The van der Waals surface area contributed by atoms with Gasteiger partial charge in [0.1, 0.15) is 0 Å². The van der Waals surface area contributed by atoms with Crippen molar-refractivity contribution in [1.29, 1.82) is 0 Å². The van der Waals surface area contributed by atoms with Gasteiger partial charge in [0.2, 0.25) is 0 Å². The molecule has 0 fully saturated rings. The number of anilines is 6. The van der Waals surface area contributed by atoms with Crippen molar-refractivity contribution in [2.75, 3.05) is 9.80 Å². The van der Waals surface area contributed by atoms with E-state index >= 15 is 0 Å². The highest BCUT2D eigenvalue weighted by Gasteiger charge is 2.54. The summed E-state index contributed by atoms with van der Waals surface area (Å²) < 4.78 is 0. The second kappa shape index (κ2) is 14.1. The second-order valence-corrected chi connectivity index (χ2v) is 16.0. The predicted octanol–water partition coefficient (Wildman–Crippen LogP) is 15.8. The number of para-hydroxylation sites is 4. The van der Waals surface area contributed by atoms with Gasteiger partial charge >= 0.3 is 0 Å². The molecule has 1 atom stereocenters. The normalized spacial score (nSPS) is 14.3. The van der Waals surface area contributed by atoms with Crippen molar-refractivity contribution in [2.24, 2.45) is 0 Å². The minimum Gasteiger partial charge on any atom is -0.310 e. The summed E-state index contributed by atoms with van der Waals surface area (Å²) in [4.78, 5) is 4.91. The highest BCUT2D eigenvalue weighted by Crippen LogP contribution is 2.67. The molecule has 286 valence electrons. The van der Waals surface area contributed by atoms with E-state index in [1.165, 1.54) is 72.1 Å². The first-order valence-electron chi connectivity index (χ1n) is 21.1. The third-order valence-corrected chi connectivity index (χ3v) is 12.8. The van der Waals surface area contributed by atoms with Crippen molar-refractivity contribution in [1.82, 2.24) is 0 Å². The van der Waals surface area contributed by atoms with Gasteiger partial charge in [0.25, 0.3) is 0 Å². The molecule has 10 aromatic rings. The Morgan fingerprint density at radius 2 is 0.770 bits per heavy atom. The van der Waals surface area contributed by atoms with Gasteiger partial charge < -0.3 is 9.80 Å². The molecule has 61 heavy (non-hydrogen) atoms. The number of hydrogen-bond acceptors (Lipinski definition) is 2. The van der Waals surface area contributed by atoms with Gasteiger partial charge in [0.15, 0.2) is 0 Å². The Morgan fingerprint density at radius 1 is 0.295 bits per heavy atom. The number of nitrogens with zero attached hydrogens (tertiary/aromatic N) is 2. The van der Waals surface area contributed by atoms with Crippen LogP contribution in [0.25, 0.3) is 44.2 Å². The third-order valence-electron chi connectivity index (χ3n) is 12.8. The highest BCUT2D eigenvalue weighted by atomic mass is 15.2. The molecule has 12 rings (SSSR count). The van der Waals surface area contributed by atoms with E-state index in [-0.39, 0.29) is 0 Å². The average Bonchev–Trinajstić information content (AvgIpc) is 3.81. The van der Waals surface area contributed by atoms with Gasteiger partial charge in [-0.1, -0.05) is 182 Å². The van der Waals surface area contributed by atoms with E-state index < -0.39 is 5.41 Å². The molecule has 2 nitrogen and oxygen atoms in total. The van der Waals surface area contributed by atoms with Gasteiger partial charge in [-0.05, 0) is 116 Å². The Labute approximate surface area is 356 Å². The summed E-state index contributed by atoms with van der Waals surface area (Å²) in [6.45, 7) is 0. The first kappa shape index (κ1) is 35.0. The summed E-state index contributed by atoms with van der Waals surface area (Å²) in [6, 6.07) is 89.0. The number of benzene rings is 10. The molecule has 0 bridgehead atoms. The number of rotatable bonds is 7. The molecular weight excluding hydrogens is 737 g/mol. The lowest BCUT2D eigenvalue weighted by Crippen LogP contribution is -2.28. The molecule has 10 aromatic carbocycles. The van der Waals surface area contributed by atoms with Crippen molar-refractivity contribution < 1.29 is 0 Å². The number of hydrogen-bond donors (Lipinski definition) is 0. The van der Waals surface area contributed by atoms with Crippen LogP contribution in [0.5, 0.6) is 0 Å². The molecule has 2 heteroatoms. The Balaban J connectivity index is 1.18. The summed E-state index contributed by atoms with van der Waals surface area (Å²) in [5, 5.41) is 2.49. The topological polar surface area (TPSA) is 6.48 Å². The van der Waals surface area contributed by atoms with Crippen molar-refractivity contribution in [3.8, 4) is 33.4 Å². The summed E-state index contributed by atoms with van der Waals surface area (Å²) >= 11 is 0. The molecule has 0 N–H and O–H groups in total. The summed E-state index contributed by atoms with van der Waals surface area (Å²) in [7, 11) is 0. The Hall–Kier alpha value is -7.94. The molecule has 0 saturated heterocycles. The Morgan fingerprint density at radius 3 is 1.43 bits per heavy atom. The van der Waals surface area contributed by atoms with Crippen molar-refractivity contribution in [3.05, 3.63) is 265 Å². The SMILES string of the molecule is c1ccc(-c2ccccc2N(c2ccccc2)c2ccc3c(c2)-c2ccccc2C32c3ccccc3-c3c2c(N(c2ccccc2)c2ccccc2)cc2ccccc32)cc1. The first-order chi connectivity index (χ1) is 30.3. The Bertz CT molecular complexity index is 3210. The fraction of sp³-hybridized carbons (Fsp3) is 0.0169. The van der Waals surface area contributed by atoms with Gasteiger partial charge in [0, 0.05) is 33.9 Å². The molecule has 0 aromatic heterocycles. The van der Waals surface area contributed by atoms with Gasteiger partial charge in [-0.25, -0.2) is 0 Å². The smallest absolute Gasteiger partial charge is 0.0746 e. The van der Waals surface area contributed by atoms with Gasteiger partial charge in [-0.2, -0.15) is 0 Å². The van der Waals surface area contributed by atoms with Gasteiger partial charge in [-0.15, -0.1) is 0 Å². The lowest BCUT2D eigenvalue weighted by molar-refractivity contribution is 0.793. The van der Waals surface area contributed by atoms with E-state index in [1.807, 2.05) is 0 Å². The zero-order valence-corrected chi connectivity index (χ0v) is 33.5. The van der Waals surface area contributed by atoms with Crippen LogP contribution in [-0.4, -0.2) is 0 Å². The van der Waals surface area contributed by atoms with Crippen LogP contribution in [0.4, 0.5) is 34.1 Å². The van der Waals surface area contributed by atoms with Crippen molar-refractivity contribution in [3.63, 3.8) is 0 Å². The summed E-state index contributed by atoms with van der Waals surface area (Å²) in [5.41, 5.74) is 18.9. The quantitative estimate of drug-likeness (QED) is 0.159. The maximum atomic E-state index is 2.48. The fourth-order valence-electron chi connectivity index (χ4n) is 10.4. The van der Waals surface area contributed by atoms with Crippen LogP contribution >= 0.6 is 0 Å². The predicted molar refractivity (Wildman–Crippen MR) is 255 cm³/mol. The molecule has 1 spiro atoms. The minimum absolute atomic E-state index is 0.600. The zero-order valence-electron chi connectivity index (χ0n) is 33.5. The fourth-order valence-corrected chi connectivity index (χ4v) is 10.4. The van der Waals surface area contributed by atoms with Gasteiger partial charge in [0.05, 0.1) is 16.8 Å². The van der Waals surface area contributed by atoms with Crippen LogP contribution < -0.4 is 9.80 Å². The molecule has 0 heterocycles. The summed E-state index contributed by atoms with van der Waals surface area (Å²) in [6.07, 6.45) is 0. The minimum atomic E-state index is -0.600. The zero-order chi connectivity index (χ0) is 40.3. The van der Waals surface area contributed by atoms with Crippen LogP contribution in [0, 0.1) is 0 Å². The van der Waals surface area contributed by atoms with E-state index in [0.29, 0.717) is 0 Å². The second-order valence-electron chi connectivity index (χ2n) is 16.0. The molecule has 0 radical (unpaired) electrons. The van der Waals surface area contributed by atoms with Gasteiger partial charge in [-0.3, -0.25) is 0 Å². The molecule has 2 aliphatic carbocycles. The molecule has 0 saturated carbocycles.